The van der Waals surface area contributed by atoms with Crippen LogP contribution in [0.15, 0.2) is 60.9 Å². The first-order valence-corrected chi connectivity index (χ1v) is 8.27. The van der Waals surface area contributed by atoms with Crippen LogP contribution in [-0.2, 0) is 16.1 Å². The van der Waals surface area contributed by atoms with Gasteiger partial charge in [-0.25, -0.2) is 4.79 Å². The van der Waals surface area contributed by atoms with E-state index in [1.54, 1.807) is 12.3 Å². The summed E-state index contributed by atoms with van der Waals surface area (Å²) >= 11 is 0. The molecule has 3 rings (SSSR count). The maximum Gasteiger partial charge on any atom is 0.331 e. The van der Waals surface area contributed by atoms with Crippen LogP contribution in [0.2, 0.25) is 0 Å². The Morgan fingerprint density at radius 1 is 1.23 bits per heavy atom. The van der Waals surface area contributed by atoms with Crippen LogP contribution in [0.4, 0.5) is 0 Å². The summed E-state index contributed by atoms with van der Waals surface area (Å²) in [6, 6.07) is 15.2. The van der Waals surface area contributed by atoms with Crippen molar-refractivity contribution in [2.75, 3.05) is 6.61 Å². The fourth-order valence-corrected chi connectivity index (χ4v) is 2.62. The summed E-state index contributed by atoms with van der Waals surface area (Å²) in [6.45, 7) is 2.59. The number of carbonyl (C=O) groups excluding carboxylic acids is 1. The highest BCUT2D eigenvalue weighted by molar-refractivity contribution is 5.87. The fourth-order valence-electron chi connectivity index (χ4n) is 2.62. The van der Waals surface area contributed by atoms with Crippen molar-refractivity contribution >= 4 is 17.6 Å². The van der Waals surface area contributed by atoms with Crippen molar-refractivity contribution < 1.29 is 14.3 Å². The van der Waals surface area contributed by atoms with Crippen LogP contribution in [0, 0.1) is 11.3 Å². The van der Waals surface area contributed by atoms with E-state index in [-0.39, 0.29) is 6.61 Å². The second-order valence-electron chi connectivity index (χ2n) is 5.58. The van der Waals surface area contributed by atoms with Gasteiger partial charge in [0.05, 0.1) is 17.7 Å². The standard InChI is InChI=1S/C21H18N2O3/c1-2-25-18-9-6-16(7-10-18)8-11-21(24)26-15-17-14-23-12-4-3-5-20(23)19(17)13-22/h3-12,14H,2,15H2,1H3/b11-8+. The lowest BCUT2D eigenvalue weighted by Gasteiger charge is -2.02. The Kier molecular flexibility index (Phi) is 5.35. The Hall–Kier alpha value is -3.52. The lowest BCUT2D eigenvalue weighted by atomic mass is 10.2. The summed E-state index contributed by atoms with van der Waals surface area (Å²) in [7, 11) is 0. The van der Waals surface area contributed by atoms with Crippen molar-refractivity contribution in [2.24, 2.45) is 0 Å². The zero-order chi connectivity index (χ0) is 18.4. The average Bonchev–Trinajstić information content (AvgIpc) is 3.03. The number of benzene rings is 1. The van der Waals surface area contributed by atoms with E-state index in [0.29, 0.717) is 17.7 Å². The van der Waals surface area contributed by atoms with Gasteiger partial charge in [0.1, 0.15) is 18.4 Å². The van der Waals surface area contributed by atoms with Gasteiger partial charge >= 0.3 is 5.97 Å². The molecule has 26 heavy (non-hydrogen) atoms. The molecule has 2 aromatic heterocycles. The van der Waals surface area contributed by atoms with Crippen LogP contribution in [-0.4, -0.2) is 17.0 Å². The fraction of sp³-hybridized carbons (Fsp3) is 0.143. The Morgan fingerprint density at radius 2 is 2.04 bits per heavy atom. The largest absolute Gasteiger partial charge is 0.494 e. The highest BCUT2D eigenvalue weighted by Gasteiger charge is 2.11. The van der Waals surface area contributed by atoms with Gasteiger partial charge in [-0.05, 0) is 42.8 Å². The van der Waals surface area contributed by atoms with E-state index in [0.717, 1.165) is 16.8 Å². The molecule has 130 valence electrons. The minimum absolute atomic E-state index is 0.0526. The van der Waals surface area contributed by atoms with Gasteiger partial charge in [-0.1, -0.05) is 18.2 Å². The number of aromatic nitrogens is 1. The van der Waals surface area contributed by atoms with Crippen LogP contribution in [0.1, 0.15) is 23.6 Å². The lowest BCUT2D eigenvalue weighted by Crippen LogP contribution is -2.01. The summed E-state index contributed by atoms with van der Waals surface area (Å²) in [6.07, 6.45) is 6.71. The average molecular weight is 346 g/mol. The van der Waals surface area contributed by atoms with Gasteiger partial charge in [-0.3, -0.25) is 0 Å². The molecule has 0 amide bonds. The van der Waals surface area contributed by atoms with Gasteiger partial charge in [0.15, 0.2) is 0 Å². The molecule has 5 heteroatoms. The normalized spacial score (nSPS) is 10.8. The minimum Gasteiger partial charge on any atom is -0.494 e. The van der Waals surface area contributed by atoms with Gasteiger partial charge in [0, 0.05) is 24.0 Å². The monoisotopic (exact) mass is 346 g/mol. The van der Waals surface area contributed by atoms with Gasteiger partial charge in [0.2, 0.25) is 0 Å². The lowest BCUT2D eigenvalue weighted by molar-refractivity contribution is -0.138. The van der Waals surface area contributed by atoms with E-state index in [4.69, 9.17) is 9.47 Å². The molecule has 5 nitrogen and oxygen atoms in total. The predicted molar refractivity (Wildman–Crippen MR) is 98.6 cm³/mol. The zero-order valence-corrected chi connectivity index (χ0v) is 14.4. The smallest absolute Gasteiger partial charge is 0.331 e. The molecule has 0 fully saturated rings. The molecular formula is C21H18N2O3. The van der Waals surface area contributed by atoms with Crippen LogP contribution in [0.3, 0.4) is 0 Å². The molecule has 0 bridgehead atoms. The Morgan fingerprint density at radius 3 is 2.77 bits per heavy atom. The first-order valence-electron chi connectivity index (χ1n) is 8.27. The number of nitriles is 1. The maximum absolute atomic E-state index is 12.0. The number of nitrogens with zero attached hydrogens (tertiary/aromatic N) is 2. The number of hydrogen-bond acceptors (Lipinski definition) is 4. The molecule has 1 aromatic carbocycles. The summed E-state index contributed by atoms with van der Waals surface area (Å²) < 4.78 is 12.5. The van der Waals surface area contributed by atoms with Crippen molar-refractivity contribution in [3.63, 3.8) is 0 Å². The van der Waals surface area contributed by atoms with Gasteiger partial charge in [-0.15, -0.1) is 0 Å². The number of pyridine rings is 1. The molecule has 0 saturated heterocycles. The molecule has 0 N–H and O–H groups in total. The van der Waals surface area contributed by atoms with Gasteiger partial charge in [-0.2, -0.15) is 5.26 Å². The highest BCUT2D eigenvalue weighted by atomic mass is 16.5. The van der Waals surface area contributed by atoms with Crippen LogP contribution in [0.25, 0.3) is 11.6 Å². The van der Waals surface area contributed by atoms with Crippen LogP contribution < -0.4 is 4.74 Å². The van der Waals surface area contributed by atoms with Crippen molar-refractivity contribution in [1.29, 1.82) is 5.26 Å². The predicted octanol–water partition coefficient (Wildman–Crippen LogP) is 3.97. The third-order valence-corrected chi connectivity index (χ3v) is 3.85. The first-order chi connectivity index (χ1) is 12.7. The number of ether oxygens (including phenoxy) is 2. The van der Waals surface area contributed by atoms with Crippen molar-refractivity contribution in [2.45, 2.75) is 13.5 Å². The first kappa shape index (κ1) is 17.3. The van der Waals surface area contributed by atoms with Crippen LogP contribution in [0.5, 0.6) is 5.75 Å². The summed E-state index contributed by atoms with van der Waals surface area (Å²) in [5.41, 5.74) is 2.87. The molecule has 3 aromatic rings. The Labute approximate surface area is 151 Å². The third kappa shape index (κ3) is 3.93. The highest BCUT2D eigenvalue weighted by Crippen LogP contribution is 2.19. The maximum atomic E-state index is 12.0. The van der Waals surface area contributed by atoms with Gasteiger partial charge in [0.25, 0.3) is 0 Å². The third-order valence-electron chi connectivity index (χ3n) is 3.85. The zero-order valence-electron chi connectivity index (χ0n) is 14.4. The van der Waals surface area contributed by atoms with Crippen molar-refractivity contribution in [3.8, 4) is 11.8 Å². The molecule has 0 saturated carbocycles. The topological polar surface area (TPSA) is 63.7 Å². The molecule has 0 aliphatic rings. The second-order valence-corrected chi connectivity index (χ2v) is 5.58. The molecule has 0 atom stereocenters. The Balaban J connectivity index is 1.63. The van der Waals surface area contributed by atoms with Gasteiger partial charge < -0.3 is 13.9 Å². The summed E-state index contributed by atoms with van der Waals surface area (Å²) in [5, 5.41) is 9.36. The van der Waals surface area contributed by atoms with E-state index in [2.05, 4.69) is 6.07 Å². The van der Waals surface area contributed by atoms with E-state index in [9.17, 15) is 10.1 Å². The van der Waals surface area contributed by atoms with Crippen LogP contribution >= 0.6 is 0 Å². The second kappa shape index (κ2) is 8.04. The SMILES string of the molecule is CCOc1ccc(/C=C/C(=O)OCc2cn3ccccc3c2C#N)cc1. The minimum atomic E-state index is -0.460. The molecule has 0 spiro atoms. The molecule has 2 heterocycles. The quantitative estimate of drug-likeness (QED) is 0.500. The number of hydrogen-bond donors (Lipinski definition) is 0. The van der Waals surface area contributed by atoms with E-state index >= 15 is 0 Å². The van der Waals surface area contributed by atoms with Crippen molar-refractivity contribution in [1.82, 2.24) is 4.40 Å². The molecule has 0 aliphatic heterocycles. The van der Waals surface area contributed by atoms with E-state index < -0.39 is 5.97 Å². The van der Waals surface area contributed by atoms with E-state index in [1.807, 2.05) is 60.0 Å². The summed E-state index contributed by atoms with van der Waals surface area (Å²) in [4.78, 5) is 12.0. The number of rotatable bonds is 6. The molecule has 0 radical (unpaired) electrons. The van der Waals surface area contributed by atoms with Crippen molar-refractivity contribution in [3.05, 3.63) is 77.6 Å². The molecule has 0 unspecified atom stereocenters. The molecular weight excluding hydrogens is 328 g/mol. The Bertz CT molecular complexity index is 979. The summed E-state index contributed by atoms with van der Waals surface area (Å²) in [5.74, 6) is 0.329. The number of esters is 1. The molecule has 0 aliphatic carbocycles. The number of fused-ring (bicyclic) bond motifs is 1. The van der Waals surface area contributed by atoms with E-state index in [1.165, 1.54) is 6.08 Å². The number of carbonyl (C=O) groups is 1.